The zero-order valence-electron chi connectivity index (χ0n) is 12.7. The van der Waals surface area contributed by atoms with Crippen molar-refractivity contribution >= 4 is 18.3 Å². The zero-order chi connectivity index (χ0) is 13.7. The van der Waals surface area contributed by atoms with E-state index in [4.69, 9.17) is 4.74 Å². The molecule has 1 unspecified atom stereocenters. The molecule has 1 aliphatic carbocycles. The number of hydrogen-bond acceptors (Lipinski definition) is 3. The first-order valence-corrected chi connectivity index (χ1v) is 7.70. The molecule has 0 bridgehead atoms. The number of nitrogens with one attached hydrogen (secondary N) is 2. The van der Waals surface area contributed by atoms with Crippen LogP contribution in [0.2, 0.25) is 0 Å². The molecule has 1 atom stereocenters. The molecule has 0 aromatic rings. The van der Waals surface area contributed by atoms with Crippen molar-refractivity contribution < 1.29 is 9.53 Å². The molecule has 1 amide bonds. The Bertz CT molecular complexity index is 298. The van der Waals surface area contributed by atoms with Crippen LogP contribution in [-0.2, 0) is 9.53 Å². The maximum atomic E-state index is 12.1. The van der Waals surface area contributed by atoms with Crippen molar-refractivity contribution in [1.29, 1.82) is 0 Å². The van der Waals surface area contributed by atoms with Crippen molar-refractivity contribution in [2.24, 2.45) is 11.3 Å². The maximum Gasteiger partial charge on any atom is 0.239 e. The van der Waals surface area contributed by atoms with E-state index in [9.17, 15) is 4.79 Å². The van der Waals surface area contributed by atoms with Gasteiger partial charge < -0.3 is 15.4 Å². The molecule has 2 N–H and O–H groups in total. The molecule has 2 aliphatic rings. The predicted octanol–water partition coefficient (Wildman–Crippen LogP) is 2.12. The number of carbonyl (C=O) groups excluding carboxylic acids is 1. The van der Waals surface area contributed by atoms with Gasteiger partial charge in [0.25, 0.3) is 0 Å². The highest BCUT2D eigenvalue weighted by Crippen LogP contribution is 2.42. The molecule has 1 saturated heterocycles. The minimum absolute atomic E-state index is 0. The first-order chi connectivity index (χ1) is 9.11. The third-order valence-electron chi connectivity index (χ3n) is 4.38. The van der Waals surface area contributed by atoms with Crippen molar-refractivity contribution in [2.75, 3.05) is 26.3 Å². The molecule has 1 heterocycles. The van der Waals surface area contributed by atoms with Crippen LogP contribution in [0.3, 0.4) is 0 Å². The normalized spacial score (nSPS) is 25.2. The Labute approximate surface area is 128 Å². The molecular weight excluding hydrogens is 276 g/mol. The van der Waals surface area contributed by atoms with E-state index in [-0.39, 0.29) is 24.4 Å². The molecule has 20 heavy (non-hydrogen) atoms. The van der Waals surface area contributed by atoms with Gasteiger partial charge in [-0.25, -0.2) is 0 Å². The van der Waals surface area contributed by atoms with Crippen molar-refractivity contribution in [3.8, 4) is 0 Å². The lowest BCUT2D eigenvalue weighted by atomic mass is 9.78. The average molecular weight is 305 g/mol. The van der Waals surface area contributed by atoms with Crippen LogP contribution in [0, 0.1) is 11.3 Å². The molecule has 0 spiro atoms. The number of ether oxygens (including phenoxy) is 1. The summed E-state index contributed by atoms with van der Waals surface area (Å²) in [5.41, 5.74) is 0.347. The summed E-state index contributed by atoms with van der Waals surface area (Å²) in [7, 11) is 0. The average Bonchev–Trinajstić information content (AvgIpc) is 2.85. The number of carbonyl (C=O) groups is 1. The fourth-order valence-electron chi connectivity index (χ4n) is 3.58. The predicted molar refractivity (Wildman–Crippen MR) is 83.2 cm³/mol. The van der Waals surface area contributed by atoms with E-state index in [1.54, 1.807) is 0 Å². The standard InChI is InChI=1S/C15H28N2O2.ClH/c1-12(2)9-15(5-3-4-6-15)11-17-14(18)13-10-19-8-7-16-13;/h12-13,16H,3-11H2,1-2H3,(H,17,18);1H. The Morgan fingerprint density at radius 2 is 2.10 bits per heavy atom. The molecule has 0 aromatic heterocycles. The van der Waals surface area contributed by atoms with E-state index in [1.165, 1.54) is 32.1 Å². The number of rotatable bonds is 5. The van der Waals surface area contributed by atoms with E-state index in [0.29, 0.717) is 24.5 Å². The molecule has 0 aromatic carbocycles. The summed E-state index contributed by atoms with van der Waals surface area (Å²) in [5, 5.41) is 6.37. The van der Waals surface area contributed by atoms with Gasteiger partial charge in [0.1, 0.15) is 6.04 Å². The monoisotopic (exact) mass is 304 g/mol. The minimum Gasteiger partial charge on any atom is -0.378 e. The summed E-state index contributed by atoms with van der Waals surface area (Å²) in [6.07, 6.45) is 6.38. The van der Waals surface area contributed by atoms with Crippen molar-refractivity contribution in [1.82, 2.24) is 10.6 Å². The van der Waals surface area contributed by atoms with Gasteiger partial charge in [-0.05, 0) is 30.6 Å². The number of morpholine rings is 1. The second-order valence-electron chi connectivity index (χ2n) is 6.60. The van der Waals surface area contributed by atoms with Crippen LogP contribution in [0.4, 0.5) is 0 Å². The molecule has 118 valence electrons. The van der Waals surface area contributed by atoms with Gasteiger partial charge in [0.15, 0.2) is 0 Å². The Morgan fingerprint density at radius 3 is 2.65 bits per heavy atom. The van der Waals surface area contributed by atoms with E-state index < -0.39 is 0 Å². The van der Waals surface area contributed by atoms with Crippen LogP contribution < -0.4 is 10.6 Å². The quantitative estimate of drug-likeness (QED) is 0.818. The highest BCUT2D eigenvalue weighted by atomic mass is 35.5. The Morgan fingerprint density at radius 1 is 1.40 bits per heavy atom. The molecule has 1 aliphatic heterocycles. The van der Waals surface area contributed by atoms with Gasteiger partial charge in [0, 0.05) is 13.1 Å². The van der Waals surface area contributed by atoms with E-state index >= 15 is 0 Å². The SMILES string of the molecule is CC(C)CC1(CNC(=O)C2COCCN2)CCCC1.Cl. The maximum absolute atomic E-state index is 12.1. The van der Waals surface area contributed by atoms with Crippen LogP contribution in [0.25, 0.3) is 0 Å². The van der Waals surface area contributed by atoms with Crippen LogP contribution in [0.1, 0.15) is 46.0 Å². The Hall–Kier alpha value is -0.320. The second kappa shape index (κ2) is 8.20. The molecule has 2 rings (SSSR count). The fraction of sp³-hybridized carbons (Fsp3) is 0.933. The zero-order valence-corrected chi connectivity index (χ0v) is 13.6. The number of amides is 1. The van der Waals surface area contributed by atoms with Crippen LogP contribution >= 0.6 is 12.4 Å². The van der Waals surface area contributed by atoms with Crippen LogP contribution in [0.15, 0.2) is 0 Å². The molecule has 0 radical (unpaired) electrons. The van der Waals surface area contributed by atoms with Gasteiger partial charge >= 0.3 is 0 Å². The van der Waals surface area contributed by atoms with Gasteiger partial charge in [0.05, 0.1) is 13.2 Å². The topological polar surface area (TPSA) is 50.4 Å². The summed E-state index contributed by atoms with van der Waals surface area (Å²) in [5.74, 6) is 0.806. The third kappa shape index (κ3) is 4.90. The number of halogens is 1. The van der Waals surface area contributed by atoms with Gasteiger partial charge in [-0.2, -0.15) is 0 Å². The van der Waals surface area contributed by atoms with Gasteiger partial charge in [0.2, 0.25) is 5.91 Å². The summed E-state index contributed by atoms with van der Waals surface area (Å²) >= 11 is 0. The van der Waals surface area contributed by atoms with Crippen molar-refractivity contribution in [2.45, 2.75) is 52.0 Å². The summed E-state index contributed by atoms with van der Waals surface area (Å²) in [6.45, 7) is 7.37. The Balaban J connectivity index is 0.00000200. The van der Waals surface area contributed by atoms with Gasteiger partial charge in [-0.1, -0.05) is 26.7 Å². The summed E-state index contributed by atoms with van der Waals surface area (Å²) in [6, 6.07) is -0.161. The first-order valence-electron chi connectivity index (χ1n) is 7.70. The molecule has 1 saturated carbocycles. The van der Waals surface area contributed by atoms with Crippen LogP contribution in [-0.4, -0.2) is 38.3 Å². The molecular formula is C15H29ClN2O2. The Kier molecular flexibility index (Phi) is 7.27. The largest absolute Gasteiger partial charge is 0.378 e. The molecule has 5 heteroatoms. The van der Waals surface area contributed by atoms with Crippen molar-refractivity contribution in [3.05, 3.63) is 0 Å². The van der Waals surface area contributed by atoms with Crippen molar-refractivity contribution in [3.63, 3.8) is 0 Å². The molecule has 2 fully saturated rings. The van der Waals surface area contributed by atoms with Gasteiger partial charge in [-0.15, -0.1) is 12.4 Å². The van der Waals surface area contributed by atoms with Gasteiger partial charge in [-0.3, -0.25) is 4.79 Å². The molecule has 4 nitrogen and oxygen atoms in total. The minimum atomic E-state index is -0.161. The van der Waals surface area contributed by atoms with Crippen LogP contribution in [0.5, 0.6) is 0 Å². The summed E-state index contributed by atoms with van der Waals surface area (Å²) in [4.78, 5) is 12.1. The lowest BCUT2D eigenvalue weighted by molar-refractivity contribution is -0.126. The lowest BCUT2D eigenvalue weighted by Gasteiger charge is -2.32. The smallest absolute Gasteiger partial charge is 0.239 e. The highest BCUT2D eigenvalue weighted by molar-refractivity contribution is 5.85. The van der Waals surface area contributed by atoms with E-state index in [0.717, 1.165) is 13.1 Å². The lowest BCUT2D eigenvalue weighted by Crippen LogP contribution is -2.52. The van der Waals surface area contributed by atoms with E-state index in [1.807, 2.05) is 0 Å². The number of hydrogen-bond donors (Lipinski definition) is 2. The highest BCUT2D eigenvalue weighted by Gasteiger charge is 2.35. The second-order valence-corrected chi connectivity index (χ2v) is 6.60. The van der Waals surface area contributed by atoms with E-state index in [2.05, 4.69) is 24.5 Å². The third-order valence-corrected chi connectivity index (χ3v) is 4.38. The fourth-order valence-corrected chi connectivity index (χ4v) is 3.58. The first kappa shape index (κ1) is 17.7. The summed E-state index contributed by atoms with van der Waals surface area (Å²) < 4.78 is 5.34.